The summed E-state index contributed by atoms with van der Waals surface area (Å²) in [5.74, 6) is 0.746. The molecular formula is C12H9BrCl2OS. The first kappa shape index (κ1) is 13.2. The van der Waals surface area contributed by atoms with Gasteiger partial charge in [-0.3, -0.25) is 0 Å². The van der Waals surface area contributed by atoms with Crippen LogP contribution in [0.5, 0.6) is 5.75 Å². The lowest BCUT2D eigenvalue weighted by Gasteiger charge is -2.12. The number of alkyl halides is 1. The quantitative estimate of drug-likeness (QED) is 0.659. The zero-order chi connectivity index (χ0) is 12.4. The van der Waals surface area contributed by atoms with E-state index in [1.165, 1.54) is 0 Å². The van der Waals surface area contributed by atoms with E-state index in [2.05, 4.69) is 15.9 Å². The molecular weight excluding hydrogens is 343 g/mol. The van der Waals surface area contributed by atoms with Crippen molar-refractivity contribution in [2.24, 2.45) is 0 Å². The Morgan fingerprint density at radius 3 is 2.53 bits per heavy atom. The molecule has 0 radical (unpaired) electrons. The van der Waals surface area contributed by atoms with Crippen molar-refractivity contribution < 1.29 is 4.74 Å². The molecule has 5 heteroatoms. The topological polar surface area (TPSA) is 9.23 Å². The van der Waals surface area contributed by atoms with Gasteiger partial charge in [-0.05, 0) is 29.1 Å². The van der Waals surface area contributed by atoms with E-state index in [1.807, 2.05) is 23.6 Å². The van der Waals surface area contributed by atoms with E-state index >= 15 is 0 Å². The molecule has 0 aliphatic carbocycles. The maximum atomic E-state index is 6.22. The molecule has 2 rings (SSSR count). The molecule has 1 aromatic heterocycles. The number of thiophene rings is 1. The van der Waals surface area contributed by atoms with Crippen molar-refractivity contribution in [3.8, 4) is 5.75 Å². The van der Waals surface area contributed by atoms with Crippen molar-refractivity contribution in [3.05, 3.63) is 50.1 Å². The van der Waals surface area contributed by atoms with Crippen LogP contribution in [0, 0.1) is 0 Å². The Labute approximate surface area is 122 Å². The number of ether oxygens (including phenoxy) is 1. The van der Waals surface area contributed by atoms with E-state index in [-0.39, 0.29) is 4.83 Å². The van der Waals surface area contributed by atoms with Gasteiger partial charge >= 0.3 is 0 Å². The molecule has 17 heavy (non-hydrogen) atoms. The summed E-state index contributed by atoms with van der Waals surface area (Å²) >= 11 is 17.6. The fraction of sp³-hybridized carbons (Fsp3) is 0.167. The maximum absolute atomic E-state index is 6.22. The second-order valence-corrected chi connectivity index (χ2v) is 6.06. The summed E-state index contributed by atoms with van der Waals surface area (Å²) in [6.07, 6.45) is 0. The SMILES string of the molecule is COc1ccc(C(Br)c2sccc2Cl)c(Cl)c1. The third-order valence-corrected chi connectivity index (χ3v) is 5.36. The molecule has 90 valence electrons. The molecule has 1 heterocycles. The molecule has 0 saturated heterocycles. The van der Waals surface area contributed by atoms with Gasteiger partial charge in [0, 0.05) is 9.90 Å². The molecule has 0 bridgehead atoms. The monoisotopic (exact) mass is 350 g/mol. The van der Waals surface area contributed by atoms with Gasteiger partial charge in [0.25, 0.3) is 0 Å². The number of rotatable bonds is 3. The Hall–Kier alpha value is -0.220. The molecule has 0 saturated carbocycles. The molecule has 2 aromatic rings. The number of methoxy groups -OCH3 is 1. The highest BCUT2D eigenvalue weighted by atomic mass is 79.9. The van der Waals surface area contributed by atoms with E-state index < -0.39 is 0 Å². The van der Waals surface area contributed by atoms with E-state index in [9.17, 15) is 0 Å². The molecule has 1 nitrogen and oxygen atoms in total. The lowest BCUT2D eigenvalue weighted by molar-refractivity contribution is 0.414. The van der Waals surface area contributed by atoms with Crippen molar-refractivity contribution in [1.29, 1.82) is 0 Å². The first-order valence-electron chi connectivity index (χ1n) is 4.84. The number of hydrogen-bond acceptors (Lipinski definition) is 2. The van der Waals surface area contributed by atoms with E-state index in [0.29, 0.717) is 5.02 Å². The number of hydrogen-bond donors (Lipinski definition) is 0. The summed E-state index contributed by atoms with van der Waals surface area (Å²) in [4.78, 5) is 1.06. The number of halogens is 3. The van der Waals surface area contributed by atoms with Crippen LogP contribution in [-0.2, 0) is 0 Å². The van der Waals surface area contributed by atoms with Gasteiger partial charge in [0.1, 0.15) is 5.75 Å². The average molecular weight is 352 g/mol. The van der Waals surface area contributed by atoms with Crippen molar-refractivity contribution in [3.63, 3.8) is 0 Å². The second-order valence-electron chi connectivity index (χ2n) is 3.38. The largest absolute Gasteiger partial charge is 0.497 e. The number of benzene rings is 1. The van der Waals surface area contributed by atoms with Gasteiger partial charge in [-0.1, -0.05) is 45.2 Å². The Kier molecular flexibility index (Phi) is 4.36. The Morgan fingerprint density at radius 2 is 2.00 bits per heavy atom. The van der Waals surface area contributed by atoms with Crippen LogP contribution in [-0.4, -0.2) is 7.11 Å². The highest BCUT2D eigenvalue weighted by molar-refractivity contribution is 9.09. The zero-order valence-corrected chi connectivity index (χ0v) is 12.8. The third-order valence-electron chi connectivity index (χ3n) is 2.36. The molecule has 0 aliphatic rings. The van der Waals surface area contributed by atoms with Crippen LogP contribution >= 0.6 is 50.5 Å². The summed E-state index contributed by atoms with van der Waals surface area (Å²) in [6.45, 7) is 0. The molecule has 0 aliphatic heterocycles. The molecule has 0 N–H and O–H groups in total. The van der Waals surface area contributed by atoms with Crippen molar-refractivity contribution in [1.82, 2.24) is 0 Å². The maximum Gasteiger partial charge on any atom is 0.120 e. The summed E-state index contributed by atoms with van der Waals surface area (Å²) in [5, 5.41) is 3.38. The van der Waals surface area contributed by atoms with Crippen LogP contribution in [0.4, 0.5) is 0 Å². The van der Waals surface area contributed by atoms with Crippen molar-refractivity contribution >= 4 is 50.5 Å². The van der Waals surface area contributed by atoms with Gasteiger partial charge in [-0.15, -0.1) is 11.3 Å². The highest BCUT2D eigenvalue weighted by Crippen LogP contribution is 2.41. The lowest BCUT2D eigenvalue weighted by atomic mass is 10.1. The van der Waals surface area contributed by atoms with Crippen LogP contribution < -0.4 is 4.74 Å². The molecule has 1 unspecified atom stereocenters. The zero-order valence-electron chi connectivity index (χ0n) is 8.91. The van der Waals surface area contributed by atoms with Gasteiger partial charge in [0.05, 0.1) is 17.0 Å². The van der Waals surface area contributed by atoms with Crippen LogP contribution in [0.1, 0.15) is 15.3 Å². The summed E-state index contributed by atoms with van der Waals surface area (Å²) in [5.41, 5.74) is 0.983. The minimum atomic E-state index is 0.00778. The normalized spacial score (nSPS) is 12.5. The smallest absolute Gasteiger partial charge is 0.120 e. The van der Waals surface area contributed by atoms with Gasteiger partial charge < -0.3 is 4.74 Å². The first-order valence-corrected chi connectivity index (χ1v) is 7.39. The summed E-state index contributed by atoms with van der Waals surface area (Å²) < 4.78 is 5.12. The fourth-order valence-corrected chi connectivity index (χ4v) is 4.14. The second kappa shape index (κ2) is 5.61. The molecule has 0 fully saturated rings. The van der Waals surface area contributed by atoms with Gasteiger partial charge in [0.15, 0.2) is 0 Å². The standard InChI is InChI=1S/C12H9BrCl2OS/c1-16-7-2-3-8(10(15)6-7)11(13)12-9(14)4-5-17-12/h2-6,11H,1H3. The minimum absolute atomic E-state index is 0.00778. The van der Waals surface area contributed by atoms with Gasteiger partial charge in [-0.25, -0.2) is 0 Å². The Balaban J connectivity index is 2.38. The predicted molar refractivity (Wildman–Crippen MR) is 78.1 cm³/mol. The Bertz CT molecular complexity index is 527. The van der Waals surface area contributed by atoms with Crippen LogP contribution in [0.15, 0.2) is 29.6 Å². The van der Waals surface area contributed by atoms with Crippen molar-refractivity contribution in [2.45, 2.75) is 4.83 Å². The Morgan fingerprint density at radius 1 is 1.24 bits per heavy atom. The highest BCUT2D eigenvalue weighted by Gasteiger charge is 2.18. The van der Waals surface area contributed by atoms with E-state index in [1.54, 1.807) is 24.5 Å². The molecule has 1 aromatic carbocycles. The first-order chi connectivity index (χ1) is 8.13. The van der Waals surface area contributed by atoms with E-state index in [4.69, 9.17) is 27.9 Å². The molecule has 1 atom stereocenters. The summed E-state index contributed by atoms with van der Waals surface area (Å²) in [6, 6.07) is 7.51. The summed E-state index contributed by atoms with van der Waals surface area (Å²) in [7, 11) is 1.62. The average Bonchev–Trinajstić information content (AvgIpc) is 2.74. The van der Waals surface area contributed by atoms with Gasteiger partial charge in [0.2, 0.25) is 0 Å². The predicted octanol–water partition coefficient (Wildman–Crippen LogP) is 5.55. The van der Waals surface area contributed by atoms with Crippen LogP contribution in [0.2, 0.25) is 10.0 Å². The molecule has 0 amide bonds. The fourth-order valence-electron chi connectivity index (χ4n) is 1.47. The van der Waals surface area contributed by atoms with Crippen molar-refractivity contribution in [2.75, 3.05) is 7.11 Å². The minimum Gasteiger partial charge on any atom is -0.497 e. The van der Waals surface area contributed by atoms with Gasteiger partial charge in [-0.2, -0.15) is 0 Å². The van der Waals surface area contributed by atoms with Crippen LogP contribution in [0.3, 0.4) is 0 Å². The molecule has 0 spiro atoms. The third kappa shape index (κ3) is 2.79. The van der Waals surface area contributed by atoms with E-state index in [0.717, 1.165) is 21.2 Å². The van der Waals surface area contributed by atoms with Crippen LogP contribution in [0.25, 0.3) is 0 Å². The lowest BCUT2D eigenvalue weighted by Crippen LogP contribution is -1.93.